The number of hydrogen-bond donors (Lipinski definition) is 1. The summed E-state index contributed by atoms with van der Waals surface area (Å²) in [5.74, 6) is 0.00565. The van der Waals surface area contributed by atoms with Gasteiger partial charge in [-0.3, -0.25) is 9.20 Å². The van der Waals surface area contributed by atoms with Gasteiger partial charge in [0.2, 0.25) is 5.91 Å². The number of nitrogens with one attached hydrogen (secondary N) is 1. The molecule has 1 aromatic carbocycles. The largest absolute Gasteiger partial charge is 0.326 e. The highest BCUT2D eigenvalue weighted by Crippen LogP contribution is 2.26. The molecule has 2 heterocycles. The summed E-state index contributed by atoms with van der Waals surface area (Å²) in [6, 6.07) is 7.80. The Kier molecular flexibility index (Phi) is 3.53. The second-order valence-corrected chi connectivity index (χ2v) is 7.66. The van der Waals surface area contributed by atoms with Crippen molar-refractivity contribution in [2.75, 3.05) is 5.32 Å². The first-order valence-corrected chi connectivity index (χ1v) is 8.01. The molecule has 3 rings (SSSR count). The molecule has 1 amide bonds. The Morgan fingerprint density at radius 2 is 2.05 bits per heavy atom. The second-order valence-electron chi connectivity index (χ2n) is 6.44. The fourth-order valence-electron chi connectivity index (χ4n) is 2.12. The van der Waals surface area contributed by atoms with Crippen molar-refractivity contribution in [3.63, 3.8) is 0 Å². The summed E-state index contributed by atoms with van der Waals surface area (Å²) < 4.78 is 2.04. The minimum Gasteiger partial charge on any atom is -0.326 e. The molecule has 2 aromatic heterocycles. The SMILES string of the molecule is Cc1cn2cc(-c3cccc(NC(=O)C(C)(C)C)c3)nc2s1. The van der Waals surface area contributed by atoms with Gasteiger partial charge in [0, 0.05) is 33.9 Å². The maximum Gasteiger partial charge on any atom is 0.229 e. The molecule has 0 unspecified atom stereocenters. The summed E-state index contributed by atoms with van der Waals surface area (Å²) >= 11 is 1.67. The van der Waals surface area contributed by atoms with Crippen molar-refractivity contribution < 1.29 is 4.79 Å². The number of benzene rings is 1. The van der Waals surface area contributed by atoms with E-state index in [0.717, 1.165) is 21.9 Å². The van der Waals surface area contributed by atoms with Crippen molar-refractivity contribution in [2.45, 2.75) is 27.7 Å². The van der Waals surface area contributed by atoms with Crippen LogP contribution in [0.3, 0.4) is 0 Å². The number of hydrogen-bond acceptors (Lipinski definition) is 3. The zero-order chi connectivity index (χ0) is 15.9. The van der Waals surface area contributed by atoms with Crippen LogP contribution >= 0.6 is 11.3 Å². The number of carbonyl (C=O) groups is 1. The average Bonchev–Trinajstić information content (AvgIpc) is 2.95. The third kappa shape index (κ3) is 2.90. The van der Waals surface area contributed by atoms with Gasteiger partial charge in [0.15, 0.2) is 4.96 Å². The molecule has 4 nitrogen and oxygen atoms in total. The highest BCUT2D eigenvalue weighted by Gasteiger charge is 2.21. The van der Waals surface area contributed by atoms with E-state index in [2.05, 4.69) is 23.4 Å². The first-order valence-electron chi connectivity index (χ1n) is 7.20. The van der Waals surface area contributed by atoms with Gasteiger partial charge in [0.05, 0.1) is 5.69 Å². The Morgan fingerprint density at radius 3 is 2.73 bits per heavy atom. The topological polar surface area (TPSA) is 46.4 Å². The highest BCUT2D eigenvalue weighted by atomic mass is 32.1. The summed E-state index contributed by atoms with van der Waals surface area (Å²) in [5, 5.41) is 2.96. The van der Waals surface area contributed by atoms with Gasteiger partial charge in [-0.2, -0.15) is 0 Å². The number of nitrogens with zero attached hydrogens (tertiary/aromatic N) is 2. The fraction of sp³-hybridized carbons (Fsp3) is 0.294. The maximum atomic E-state index is 12.1. The van der Waals surface area contributed by atoms with E-state index in [9.17, 15) is 4.79 Å². The zero-order valence-corrected chi connectivity index (χ0v) is 14.0. The Morgan fingerprint density at radius 1 is 1.27 bits per heavy atom. The first-order chi connectivity index (χ1) is 10.3. The van der Waals surface area contributed by atoms with Crippen molar-refractivity contribution in [2.24, 2.45) is 5.41 Å². The van der Waals surface area contributed by atoms with Crippen molar-refractivity contribution in [1.29, 1.82) is 0 Å². The number of fused-ring (bicyclic) bond motifs is 1. The van der Waals surface area contributed by atoms with Gasteiger partial charge in [0.25, 0.3) is 0 Å². The van der Waals surface area contributed by atoms with Crippen LogP contribution in [-0.4, -0.2) is 15.3 Å². The van der Waals surface area contributed by atoms with Crippen LogP contribution in [0.5, 0.6) is 0 Å². The van der Waals surface area contributed by atoms with Crippen LogP contribution in [0, 0.1) is 12.3 Å². The summed E-state index contributed by atoms with van der Waals surface area (Å²) in [5.41, 5.74) is 2.30. The quantitative estimate of drug-likeness (QED) is 0.764. The summed E-state index contributed by atoms with van der Waals surface area (Å²) in [6.07, 6.45) is 4.09. The summed E-state index contributed by atoms with van der Waals surface area (Å²) in [6.45, 7) is 7.77. The van der Waals surface area contributed by atoms with E-state index in [1.807, 2.05) is 55.6 Å². The minimum absolute atomic E-state index is 0.00565. The van der Waals surface area contributed by atoms with E-state index in [-0.39, 0.29) is 5.91 Å². The molecule has 0 fully saturated rings. The molecule has 0 aliphatic rings. The number of anilines is 1. The molecule has 0 saturated carbocycles. The Labute approximate surface area is 133 Å². The van der Waals surface area contributed by atoms with E-state index < -0.39 is 5.41 Å². The van der Waals surface area contributed by atoms with E-state index in [1.165, 1.54) is 4.88 Å². The lowest BCUT2D eigenvalue weighted by Gasteiger charge is -2.17. The molecular formula is C17H19N3OS. The van der Waals surface area contributed by atoms with Crippen LogP contribution in [0.25, 0.3) is 16.2 Å². The molecule has 0 atom stereocenters. The second kappa shape index (κ2) is 5.25. The average molecular weight is 313 g/mol. The Bertz CT molecular complexity index is 808. The standard InChI is InChI=1S/C17H19N3OS/c1-11-9-20-10-14(19-16(20)22-11)12-6-5-7-13(8-12)18-15(21)17(2,3)4/h5-10H,1-4H3,(H,18,21). The molecule has 0 radical (unpaired) electrons. The predicted octanol–water partition coefficient (Wildman–Crippen LogP) is 4.36. The van der Waals surface area contributed by atoms with Crippen molar-refractivity contribution >= 4 is 27.9 Å². The van der Waals surface area contributed by atoms with E-state index in [4.69, 9.17) is 0 Å². The fourth-order valence-corrected chi connectivity index (χ4v) is 2.93. The highest BCUT2D eigenvalue weighted by molar-refractivity contribution is 7.17. The zero-order valence-electron chi connectivity index (χ0n) is 13.2. The van der Waals surface area contributed by atoms with Crippen LogP contribution in [-0.2, 0) is 4.79 Å². The van der Waals surface area contributed by atoms with Crippen molar-refractivity contribution in [3.05, 3.63) is 41.5 Å². The summed E-state index contributed by atoms with van der Waals surface area (Å²) in [4.78, 5) is 19.0. The number of amides is 1. The van der Waals surface area contributed by atoms with Crippen molar-refractivity contribution in [1.82, 2.24) is 9.38 Å². The molecular weight excluding hydrogens is 294 g/mol. The smallest absolute Gasteiger partial charge is 0.229 e. The molecule has 1 N–H and O–H groups in total. The number of rotatable bonds is 2. The Balaban J connectivity index is 1.90. The number of imidazole rings is 1. The molecule has 5 heteroatoms. The monoisotopic (exact) mass is 313 g/mol. The van der Waals surface area contributed by atoms with Gasteiger partial charge in [0.1, 0.15) is 0 Å². The lowest BCUT2D eigenvalue weighted by molar-refractivity contribution is -0.123. The molecule has 114 valence electrons. The van der Waals surface area contributed by atoms with Gasteiger partial charge in [-0.25, -0.2) is 4.98 Å². The predicted molar refractivity (Wildman–Crippen MR) is 91.3 cm³/mol. The minimum atomic E-state index is -0.412. The normalized spacial score (nSPS) is 11.8. The number of aromatic nitrogens is 2. The van der Waals surface area contributed by atoms with Crippen LogP contribution in [0.1, 0.15) is 25.6 Å². The maximum absolute atomic E-state index is 12.1. The lowest BCUT2D eigenvalue weighted by atomic mass is 9.95. The van der Waals surface area contributed by atoms with E-state index in [0.29, 0.717) is 0 Å². The van der Waals surface area contributed by atoms with Crippen LogP contribution in [0.4, 0.5) is 5.69 Å². The molecule has 0 aliphatic carbocycles. The number of thiazole rings is 1. The van der Waals surface area contributed by atoms with E-state index >= 15 is 0 Å². The van der Waals surface area contributed by atoms with E-state index in [1.54, 1.807) is 11.3 Å². The summed E-state index contributed by atoms with van der Waals surface area (Å²) in [7, 11) is 0. The first kappa shape index (κ1) is 14.8. The van der Waals surface area contributed by atoms with Gasteiger partial charge < -0.3 is 5.32 Å². The Hall–Kier alpha value is -2.14. The van der Waals surface area contributed by atoms with Gasteiger partial charge >= 0.3 is 0 Å². The number of aryl methyl sites for hydroxylation is 1. The van der Waals surface area contributed by atoms with Crippen LogP contribution in [0.15, 0.2) is 36.7 Å². The third-order valence-electron chi connectivity index (χ3n) is 3.37. The third-order valence-corrected chi connectivity index (χ3v) is 4.28. The molecule has 3 aromatic rings. The van der Waals surface area contributed by atoms with Crippen molar-refractivity contribution in [3.8, 4) is 11.3 Å². The molecule has 0 bridgehead atoms. The molecule has 0 spiro atoms. The van der Waals surface area contributed by atoms with Crippen LogP contribution in [0.2, 0.25) is 0 Å². The molecule has 0 saturated heterocycles. The van der Waals surface area contributed by atoms with Gasteiger partial charge in [-0.1, -0.05) is 32.9 Å². The number of carbonyl (C=O) groups excluding carboxylic acids is 1. The van der Waals surface area contributed by atoms with Gasteiger partial charge in [-0.15, -0.1) is 11.3 Å². The molecule has 22 heavy (non-hydrogen) atoms. The molecule has 0 aliphatic heterocycles. The van der Waals surface area contributed by atoms with Crippen LogP contribution < -0.4 is 5.32 Å². The van der Waals surface area contributed by atoms with Gasteiger partial charge in [-0.05, 0) is 19.1 Å². The lowest BCUT2D eigenvalue weighted by Crippen LogP contribution is -2.27.